The molecule has 2 aromatic carbocycles. The highest BCUT2D eigenvalue weighted by Crippen LogP contribution is 2.13. The van der Waals surface area contributed by atoms with E-state index >= 15 is 0 Å². The van der Waals surface area contributed by atoms with Crippen LogP contribution in [0.4, 0.5) is 4.39 Å². The number of aromatic nitrogens is 2. The van der Waals surface area contributed by atoms with Gasteiger partial charge >= 0.3 is 0 Å². The third-order valence-electron chi connectivity index (χ3n) is 4.63. The van der Waals surface area contributed by atoms with Gasteiger partial charge in [-0.1, -0.05) is 36.4 Å². The van der Waals surface area contributed by atoms with Gasteiger partial charge in [0, 0.05) is 38.7 Å². The molecule has 0 aliphatic rings. The van der Waals surface area contributed by atoms with Crippen molar-refractivity contribution in [1.29, 1.82) is 0 Å². The normalized spacial score (nSPS) is 12.2. The standard InChI is InChI=1S/C22H26FN3O/c1-27-13-10-22(15-18-6-4-9-21(23)14-18)24-16-19-7-2-3-8-20(19)17-26-12-5-11-25-26/h2-9,11-12,14,22,24H,10,13,15-17H2,1H3/t22-/m0/s1. The van der Waals surface area contributed by atoms with Gasteiger partial charge in [-0.05, 0) is 47.7 Å². The van der Waals surface area contributed by atoms with Gasteiger partial charge in [0.15, 0.2) is 0 Å². The zero-order valence-corrected chi connectivity index (χ0v) is 15.6. The van der Waals surface area contributed by atoms with Crippen molar-refractivity contribution in [2.75, 3.05) is 13.7 Å². The van der Waals surface area contributed by atoms with Crippen molar-refractivity contribution in [3.63, 3.8) is 0 Å². The summed E-state index contributed by atoms with van der Waals surface area (Å²) in [6.07, 6.45) is 5.40. The third-order valence-corrected chi connectivity index (χ3v) is 4.63. The second-order valence-corrected chi connectivity index (χ2v) is 6.67. The molecule has 0 radical (unpaired) electrons. The molecule has 0 unspecified atom stereocenters. The second kappa shape index (κ2) is 10.00. The first-order chi connectivity index (χ1) is 13.2. The summed E-state index contributed by atoms with van der Waals surface area (Å²) in [5.41, 5.74) is 3.48. The lowest BCUT2D eigenvalue weighted by Crippen LogP contribution is -2.32. The minimum absolute atomic E-state index is 0.192. The fourth-order valence-corrected chi connectivity index (χ4v) is 3.19. The number of hydrogen-bond acceptors (Lipinski definition) is 3. The van der Waals surface area contributed by atoms with Crippen LogP contribution in [0.25, 0.3) is 0 Å². The van der Waals surface area contributed by atoms with E-state index in [1.165, 1.54) is 17.2 Å². The van der Waals surface area contributed by atoms with Gasteiger partial charge in [-0.3, -0.25) is 4.68 Å². The van der Waals surface area contributed by atoms with E-state index in [9.17, 15) is 4.39 Å². The van der Waals surface area contributed by atoms with Gasteiger partial charge in [0.05, 0.1) is 6.54 Å². The largest absolute Gasteiger partial charge is 0.385 e. The van der Waals surface area contributed by atoms with Crippen molar-refractivity contribution >= 4 is 0 Å². The number of benzene rings is 2. The minimum atomic E-state index is -0.192. The van der Waals surface area contributed by atoms with E-state index in [1.807, 2.05) is 23.0 Å². The van der Waals surface area contributed by atoms with Crippen LogP contribution >= 0.6 is 0 Å². The van der Waals surface area contributed by atoms with Gasteiger partial charge < -0.3 is 10.1 Å². The van der Waals surface area contributed by atoms with Crippen molar-refractivity contribution in [2.45, 2.75) is 32.0 Å². The molecule has 1 atom stereocenters. The molecule has 1 aromatic heterocycles. The van der Waals surface area contributed by atoms with Crippen molar-refractivity contribution in [3.05, 3.63) is 89.5 Å². The Bertz CT molecular complexity index is 820. The highest BCUT2D eigenvalue weighted by molar-refractivity contribution is 5.27. The first kappa shape index (κ1) is 19.3. The Balaban J connectivity index is 1.66. The van der Waals surface area contributed by atoms with Crippen molar-refractivity contribution in [2.24, 2.45) is 0 Å². The first-order valence-corrected chi connectivity index (χ1v) is 9.25. The highest BCUT2D eigenvalue weighted by atomic mass is 19.1. The zero-order valence-electron chi connectivity index (χ0n) is 15.6. The van der Waals surface area contributed by atoms with Crippen molar-refractivity contribution in [3.8, 4) is 0 Å². The molecule has 0 spiro atoms. The molecule has 1 heterocycles. The maximum absolute atomic E-state index is 13.5. The Hall–Kier alpha value is -2.50. The number of nitrogens with zero attached hydrogens (tertiary/aromatic N) is 2. The summed E-state index contributed by atoms with van der Waals surface area (Å²) in [5.74, 6) is -0.192. The van der Waals surface area contributed by atoms with Crippen LogP contribution in [0.3, 0.4) is 0 Å². The van der Waals surface area contributed by atoms with E-state index < -0.39 is 0 Å². The molecule has 0 fully saturated rings. The lowest BCUT2D eigenvalue weighted by atomic mass is 10.0. The Morgan fingerprint density at radius 1 is 1.11 bits per heavy atom. The molecule has 3 aromatic rings. The van der Waals surface area contributed by atoms with Crippen LogP contribution in [0.15, 0.2) is 67.0 Å². The van der Waals surface area contributed by atoms with E-state index in [2.05, 4.69) is 34.7 Å². The molecule has 0 saturated heterocycles. The fourth-order valence-electron chi connectivity index (χ4n) is 3.19. The third kappa shape index (κ3) is 6.01. The average molecular weight is 367 g/mol. The summed E-state index contributed by atoms with van der Waals surface area (Å²) in [6.45, 7) is 2.17. The molecule has 5 heteroatoms. The lowest BCUT2D eigenvalue weighted by molar-refractivity contribution is 0.182. The molecule has 27 heavy (non-hydrogen) atoms. The minimum Gasteiger partial charge on any atom is -0.385 e. The molecule has 0 aliphatic carbocycles. The van der Waals surface area contributed by atoms with E-state index in [0.29, 0.717) is 6.61 Å². The van der Waals surface area contributed by atoms with E-state index in [-0.39, 0.29) is 11.9 Å². The predicted octanol–water partition coefficient (Wildman–Crippen LogP) is 3.81. The number of methoxy groups -OCH3 is 1. The Labute approximate surface area is 160 Å². The molecule has 4 nitrogen and oxygen atoms in total. The Kier molecular flexibility index (Phi) is 7.13. The molecule has 0 bridgehead atoms. The number of hydrogen-bond donors (Lipinski definition) is 1. The lowest BCUT2D eigenvalue weighted by Gasteiger charge is -2.20. The van der Waals surface area contributed by atoms with Gasteiger partial charge in [-0.25, -0.2) is 4.39 Å². The van der Waals surface area contributed by atoms with E-state index in [4.69, 9.17) is 4.74 Å². The zero-order chi connectivity index (χ0) is 18.9. The van der Waals surface area contributed by atoms with Gasteiger partial charge in [0.2, 0.25) is 0 Å². The quantitative estimate of drug-likeness (QED) is 0.592. The van der Waals surface area contributed by atoms with Crippen LogP contribution in [0, 0.1) is 5.82 Å². The summed E-state index contributed by atoms with van der Waals surface area (Å²) >= 11 is 0. The number of halogens is 1. The molecule has 142 valence electrons. The molecule has 0 saturated carbocycles. The highest BCUT2D eigenvalue weighted by Gasteiger charge is 2.11. The maximum atomic E-state index is 13.5. The van der Waals surface area contributed by atoms with Gasteiger partial charge in [-0.15, -0.1) is 0 Å². The smallest absolute Gasteiger partial charge is 0.123 e. The van der Waals surface area contributed by atoms with Crippen LogP contribution < -0.4 is 5.32 Å². The molecular weight excluding hydrogens is 341 g/mol. The van der Waals surface area contributed by atoms with Crippen LogP contribution in [0.5, 0.6) is 0 Å². The van der Waals surface area contributed by atoms with Crippen LogP contribution in [0.1, 0.15) is 23.1 Å². The summed E-state index contributed by atoms with van der Waals surface area (Å²) in [4.78, 5) is 0. The van der Waals surface area contributed by atoms with E-state index in [1.54, 1.807) is 25.4 Å². The van der Waals surface area contributed by atoms with Crippen LogP contribution in [-0.4, -0.2) is 29.5 Å². The van der Waals surface area contributed by atoms with Crippen molar-refractivity contribution in [1.82, 2.24) is 15.1 Å². The molecular formula is C22H26FN3O. The Morgan fingerprint density at radius 3 is 2.70 bits per heavy atom. The second-order valence-electron chi connectivity index (χ2n) is 6.67. The summed E-state index contributed by atoms with van der Waals surface area (Å²) < 4.78 is 20.7. The van der Waals surface area contributed by atoms with Crippen LogP contribution in [0.2, 0.25) is 0 Å². The summed E-state index contributed by atoms with van der Waals surface area (Å²) in [5, 5.41) is 7.92. The average Bonchev–Trinajstić information content (AvgIpc) is 3.18. The van der Waals surface area contributed by atoms with Crippen LogP contribution in [-0.2, 0) is 24.2 Å². The summed E-state index contributed by atoms with van der Waals surface area (Å²) in [7, 11) is 1.71. The van der Waals surface area contributed by atoms with Crippen molar-refractivity contribution < 1.29 is 9.13 Å². The molecule has 3 rings (SSSR count). The van der Waals surface area contributed by atoms with Gasteiger partial charge in [-0.2, -0.15) is 5.10 Å². The van der Waals surface area contributed by atoms with Gasteiger partial charge in [0.25, 0.3) is 0 Å². The first-order valence-electron chi connectivity index (χ1n) is 9.25. The SMILES string of the molecule is COCC[C@@H](Cc1cccc(F)c1)NCc1ccccc1Cn1cccn1. The van der Waals surface area contributed by atoms with Gasteiger partial charge in [0.1, 0.15) is 5.82 Å². The number of rotatable bonds is 10. The summed E-state index contributed by atoms with van der Waals surface area (Å²) in [6, 6.07) is 17.3. The monoisotopic (exact) mass is 367 g/mol. The number of ether oxygens (including phenoxy) is 1. The molecule has 1 N–H and O–H groups in total. The molecule has 0 aliphatic heterocycles. The fraction of sp³-hybridized carbons (Fsp3) is 0.318. The molecule has 0 amide bonds. The maximum Gasteiger partial charge on any atom is 0.123 e. The number of nitrogens with one attached hydrogen (secondary N) is 1. The Morgan fingerprint density at radius 2 is 1.96 bits per heavy atom. The topological polar surface area (TPSA) is 39.1 Å². The predicted molar refractivity (Wildman–Crippen MR) is 105 cm³/mol. The van der Waals surface area contributed by atoms with E-state index in [0.717, 1.165) is 31.5 Å².